The topological polar surface area (TPSA) is 67.5 Å². The van der Waals surface area contributed by atoms with Crippen LogP contribution in [0.2, 0.25) is 5.02 Å². The zero-order valence-corrected chi connectivity index (χ0v) is 12.9. The van der Waals surface area contributed by atoms with Crippen molar-refractivity contribution in [2.45, 2.75) is 56.9 Å². The van der Waals surface area contributed by atoms with E-state index in [2.05, 4.69) is 11.0 Å². The van der Waals surface area contributed by atoms with Crippen molar-refractivity contribution in [1.82, 2.24) is 0 Å². The molecule has 21 heavy (non-hydrogen) atoms. The fraction of sp³-hybridized carbons (Fsp3) is 0.562. The summed E-state index contributed by atoms with van der Waals surface area (Å²) in [6.45, 7) is 3.61. The number of hydrogen-bond acceptors (Lipinski definition) is 4. The van der Waals surface area contributed by atoms with E-state index < -0.39 is 11.7 Å². The van der Waals surface area contributed by atoms with Gasteiger partial charge in [0.15, 0.2) is 0 Å². The number of piperidine rings is 1. The third-order valence-corrected chi connectivity index (χ3v) is 5.44. The molecule has 1 aromatic rings. The third kappa shape index (κ3) is 2.12. The molecule has 0 aromatic heterocycles. The number of hydrogen-bond donors (Lipinski definition) is 2. The van der Waals surface area contributed by atoms with Gasteiger partial charge in [-0.3, -0.25) is 0 Å². The fourth-order valence-electron chi connectivity index (χ4n) is 3.85. The van der Waals surface area contributed by atoms with Gasteiger partial charge < -0.3 is 15.1 Å². The smallest absolute Gasteiger partial charge is 0.103 e. The van der Waals surface area contributed by atoms with Crippen molar-refractivity contribution in [1.29, 1.82) is 5.26 Å². The van der Waals surface area contributed by atoms with E-state index in [1.165, 1.54) is 0 Å². The van der Waals surface area contributed by atoms with E-state index in [4.69, 9.17) is 16.9 Å². The van der Waals surface area contributed by atoms with Gasteiger partial charge in [-0.05, 0) is 50.8 Å². The van der Waals surface area contributed by atoms with Gasteiger partial charge in [0.05, 0.1) is 22.2 Å². The molecule has 5 heteroatoms. The zero-order valence-electron chi connectivity index (χ0n) is 12.2. The van der Waals surface area contributed by atoms with Gasteiger partial charge in [0.2, 0.25) is 0 Å². The SMILES string of the molecule is Cc1c(N2[C@H]3CC[C@@H]2C(O)[C@](C)(O)C3)ccc(C#N)c1Cl. The number of fused-ring (bicyclic) bond motifs is 2. The van der Waals surface area contributed by atoms with Gasteiger partial charge in [0.1, 0.15) is 12.2 Å². The summed E-state index contributed by atoms with van der Waals surface area (Å²) in [7, 11) is 0. The molecule has 4 atom stereocenters. The lowest BCUT2D eigenvalue weighted by molar-refractivity contribution is -0.0893. The number of aliphatic hydroxyl groups is 2. The molecule has 2 aliphatic heterocycles. The summed E-state index contributed by atoms with van der Waals surface area (Å²) in [6, 6.07) is 5.82. The van der Waals surface area contributed by atoms with Crippen LogP contribution in [0.1, 0.15) is 37.3 Å². The first kappa shape index (κ1) is 14.6. The highest BCUT2D eigenvalue weighted by atomic mass is 35.5. The molecule has 112 valence electrons. The quantitative estimate of drug-likeness (QED) is 0.836. The van der Waals surface area contributed by atoms with Gasteiger partial charge in [0.25, 0.3) is 0 Å². The standard InChI is InChI=1S/C16H19ClN2O2/c1-9-12(5-3-10(8-18)14(9)17)19-11-4-6-13(19)15(20)16(2,21)7-11/h3,5,11,13,15,20-21H,4,6-7H2,1-2H3/t11-,13+,15?,16+/m0/s1. The summed E-state index contributed by atoms with van der Waals surface area (Å²) >= 11 is 6.26. The lowest BCUT2D eigenvalue weighted by atomic mass is 9.84. The summed E-state index contributed by atoms with van der Waals surface area (Å²) in [5, 5.41) is 30.3. The van der Waals surface area contributed by atoms with Crippen molar-refractivity contribution in [2.24, 2.45) is 0 Å². The van der Waals surface area contributed by atoms with Crippen LogP contribution >= 0.6 is 11.6 Å². The van der Waals surface area contributed by atoms with E-state index in [1.807, 2.05) is 13.0 Å². The van der Waals surface area contributed by atoms with Gasteiger partial charge >= 0.3 is 0 Å². The minimum atomic E-state index is -1.04. The molecule has 0 radical (unpaired) electrons. The summed E-state index contributed by atoms with van der Waals surface area (Å²) in [4.78, 5) is 2.19. The molecule has 2 aliphatic rings. The Morgan fingerprint density at radius 1 is 1.43 bits per heavy atom. The Hall–Kier alpha value is -1.28. The monoisotopic (exact) mass is 306 g/mol. The van der Waals surface area contributed by atoms with E-state index in [0.29, 0.717) is 17.0 Å². The summed E-state index contributed by atoms with van der Waals surface area (Å²) in [5.74, 6) is 0. The van der Waals surface area contributed by atoms with E-state index in [-0.39, 0.29) is 12.1 Å². The van der Waals surface area contributed by atoms with Crippen LogP contribution in [-0.2, 0) is 0 Å². The molecule has 2 fully saturated rings. The van der Waals surface area contributed by atoms with Gasteiger partial charge in [-0.2, -0.15) is 5.26 Å². The fourth-order valence-corrected chi connectivity index (χ4v) is 4.05. The largest absolute Gasteiger partial charge is 0.388 e. The van der Waals surface area contributed by atoms with Crippen LogP contribution in [0.4, 0.5) is 5.69 Å². The van der Waals surface area contributed by atoms with E-state index in [0.717, 1.165) is 24.1 Å². The Balaban J connectivity index is 2.03. The van der Waals surface area contributed by atoms with Crippen molar-refractivity contribution in [3.05, 3.63) is 28.3 Å². The molecular formula is C16H19ClN2O2. The Morgan fingerprint density at radius 3 is 2.81 bits per heavy atom. The normalized spacial score (nSPS) is 34.9. The van der Waals surface area contributed by atoms with Gasteiger partial charge in [-0.15, -0.1) is 0 Å². The molecule has 0 aliphatic carbocycles. The highest BCUT2D eigenvalue weighted by Gasteiger charge is 2.52. The third-order valence-electron chi connectivity index (χ3n) is 4.95. The number of nitriles is 1. The van der Waals surface area contributed by atoms with Gasteiger partial charge in [0, 0.05) is 11.7 Å². The Morgan fingerprint density at radius 2 is 2.14 bits per heavy atom. The maximum absolute atomic E-state index is 10.4. The Labute approximate surface area is 129 Å². The van der Waals surface area contributed by atoms with Gasteiger partial charge in [-0.1, -0.05) is 11.6 Å². The molecule has 2 saturated heterocycles. The molecule has 1 aromatic carbocycles. The number of aliphatic hydroxyl groups excluding tert-OH is 1. The number of benzene rings is 1. The first-order chi connectivity index (χ1) is 9.86. The van der Waals surface area contributed by atoms with E-state index >= 15 is 0 Å². The Kier molecular flexibility index (Phi) is 3.40. The molecular weight excluding hydrogens is 288 g/mol. The molecule has 0 saturated carbocycles. The number of rotatable bonds is 1. The predicted octanol–water partition coefficient (Wildman–Crippen LogP) is 2.37. The second-order valence-corrected chi connectivity index (χ2v) is 6.77. The van der Waals surface area contributed by atoms with Crippen LogP contribution in [0.5, 0.6) is 0 Å². The molecule has 3 rings (SSSR count). The summed E-state index contributed by atoms with van der Waals surface area (Å²) in [5.41, 5.74) is 1.25. The number of anilines is 1. The van der Waals surface area contributed by atoms with Crippen molar-refractivity contribution in [2.75, 3.05) is 4.90 Å². The van der Waals surface area contributed by atoms with Crippen molar-refractivity contribution < 1.29 is 10.2 Å². The average molecular weight is 307 g/mol. The average Bonchev–Trinajstić information content (AvgIpc) is 2.78. The van der Waals surface area contributed by atoms with Gasteiger partial charge in [-0.25, -0.2) is 0 Å². The van der Waals surface area contributed by atoms with Crippen LogP contribution in [-0.4, -0.2) is 34.0 Å². The number of halogens is 1. The van der Waals surface area contributed by atoms with Crippen LogP contribution in [0, 0.1) is 18.3 Å². The first-order valence-electron chi connectivity index (χ1n) is 7.25. The minimum Gasteiger partial charge on any atom is -0.388 e. The van der Waals surface area contributed by atoms with Crippen molar-refractivity contribution in [3.63, 3.8) is 0 Å². The molecule has 0 amide bonds. The highest BCUT2D eigenvalue weighted by Crippen LogP contribution is 2.45. The maximum Gasteiger partial charge on any atom is 0.103 e. The molecule has 1 unspecified atom stereocenters. The summed E-state index contributed by atoms with van der Waals surface area (Å²) in [6.07, 6.45) is 1.58. The molecule has 2 bridgehead atoms. The summed E-state index contributed by atoms with van der Waals surface area (Å²) < 4.78 is 0. The van der Waals surface area contributed by atoms with Crippen molar-refractivity contribution >= 4 is 17.3 Å². The lowest BCUT2D eigenvalue weighted by Gasteiger charge is -2.47. The second kappa shape index (κ2) is 4.88. The van der Waals surface area contributed by atoms with Crippen LogP contribution in [0.3, 0.4) is 0 Å². The van der Waals surface area contributed by atoms with E-state index in [9.17, 15) is 10.2 Å². The first-order valence-corrected chi connectivity index (χ1v) is 7.62. The zero-order chi connectivity index (χ0) is 15.4. The molecule has 2 heterocycles. The number of nitrogens with zero attached hydrogens (tertiary/aromatic N) is 2. The Bertz CT molecular complexity index is 623. The van der Waals surface area contributed by atoms with Crippen molar-refractivity contribution in [3.8, 4) is 6.07 Å². The highest BCUT2D eigenvalue weighted by molar-refractivity contribution is 6.32. The molecule has 4 nitrogen and oxygen atoms in total. The second-order valence-electron chi connectivity index (χ2n) is 6.39. The lowest BCUT2D eigenvalue weighted by Crippen LogP contribution is -2.60. The van der Waals surface area contributed by atoms with E-state index in [1.54, 1.807) is 13.0 Å². The predicted molar refractivity (Wildman–Crippen MR) is 81.4 cm³/mol. The van der Waals surface area contributed by atoms with Crippen LogP contribution in [0.25, 0.3) is 0 Å². The molecule has 0 spiro atoms. The van der Waals surface area contributed by atoms with Crippen LogP contribution < -0.4 is 4.90 Å². The minimum absolute atomic E-state index is 0.0959. The maximum atomic E-state index is 10.4. The van der Waals surface area contributed by atoms with Crippen LogP contribution in [0.15, 0.2) is 12.1 Å². The molecule has 2 N–H and O–H groups in total.